The molecule has 0 saturated carbocycles. The molecule has 2 aliphatic heterocycles. The van der Waals surface area contributed by atoms with Gasteiger partial charge in [0.05, 0.1) is 5.92 Å². The standard InChI is InChI=1S/C23H31N5O/c29-23(26-16-19-4-1-9-24-14-19)21-6-3-11-28(18-21)22-7-12-27(13-8-22)17-20-5-2-10-25-15-20/h1-2,4-5,9-10,14-15,21-22H,3,6-8,11-13,16-18H2,(H,26,29). The molecule has 0 aromatic carbocycles. The molecule has 2 fully saturated rings. The van der Waals surface area contributed by atoms with E-state index in [4.69, 9.17) is 0 Å². The van der Waals surface area contributed by atoms with E-state index in [1.165, 1.54) is 18.4 Å². The highest BCUT2D eigenvalue weighted by Gasteiger charge is 2.31. The molecule has 4 heterocycles. The van der Waals surface area contributed by atoms with Crippen molar-refractivity contribution in [1.29, 1.82) is 0 Å². The number of likely N-dealkylation sites (tertiary alicyclic amines) is 2. The predicted molar refractivity (Wildman–Crippen MR) is 113 cm³/mol. The topological polar surface area (TPSA) is 61.4 Å². The summed E-state index contributed by atoms with van der Waals surface area (Å²) in [6.07, 6.45) is 11.8. The third kappa shape index (κ3) is 5.61. The number of pyridine rings is 2. The van der Waals surface area contributed by atoms with Gasteiger partial charge in [-0.15, -0.1) is 0 Å². The fourth-order valence-electron chi connectivity index (χ4n) is 4.58. The molecule has 1 N–H and O–H groups in total. The van der Waals surface area contributed by atoms with Crippen LogP contribution >= 0.6 is 0 Å². The second-order valence-corrected chi connectivity index (χ2v) is 8.28. The summed E-state index contributed by atoms with van der Waals surface area (Å²) in [5.41, 5.74) is 2.34. The molecule has 2 aromatic heterocycles. The highest BCUT2D eigenvalue weighted by atomic mass is 16.1. The lowest BCUT2D eigenvalue weighted by molar-refractivity contribution is -0.127. The normalized spacial score (nSPS) is 21.7. The van der Waals surface area contributed by atoms with Gasteiger partial charge in [-0.05, 0) is 68.6 Å². The zero-order chi connectivity index (χ0) is 19.9. The number of nitrogens with zero attached hydrogens (tertiary/aromatic N) is 4. The van der Waals surface area contributed by atoms with E-state index in [-0.39, 0.29) is 11.8 Å². The van der Waals surface area contributed by atoms with Crippen LogP contribution in [-0.4, -0.2) is 57.9 Å². The van der Waals surface area contributed by atoms with Crippen LogP contribution in [0, 0.1) is 5.92 Å². The van der Waals surface area contributed by atoms with Gasteiger partial charge in [-0.3, -0.25) is 24.6 Å². The Balaban J connectivity index is 1.23. The average molecular weight is 394 g/mol. The number of carbonyl (C=O) groups excluding carboxylic acids is 1. The molecule has 0 aliphatic carbocycles. The molecule has 0 bridgehead atoms. The van der Waals surface area contributed by atoms with Crippen molar-refractivity contribution >= 4 is 5.91 Å². The van der Waals surface area contributed by atoms with Crippen LogP contribution in [0.25, 0.3) is 0 Å². The zero-order valence-electron chi connectivity index (χ0n) is 17.0. The van der Waals surface area contributed by atoms with Gasteiger partial charge < -0.3 is 5.32 Å². The Morgan fingerprint density at radius 1 is 1.00 bits per heavy atom. The zero-order valence-corrected chi connectivity index (χ0v) is 17.0. The van der Waals surface area contributed by atoms with Gasteiger partial charge in [-0.2, -0.15) is 0 Å². The van der Waals surface area contributed by atoms with Gasteiger partial charge in [-0.25, -0.2) is 0 Å². The maximum atomic E-state index is 12.7. The largest absolute Gasteiger partial charge is 0.352 e. The fraction of sp³-hybridized carbons (Fsp3) is 0.522. The monoisotopic (exact) mass is 393 g/mol. The van der Waals surface area contributed by atoms with E-state index in [2.05, 4.69) is 31.2 Å². The van der Waals surface area contributed by atoms with E-state index in [0.29, 0.717) is 12.6 Å². The van der Waals surface area contributed by atoms with Crippen LogP contribution in [0.1, 0.15) is 36.8 Å². The first-order chi connectivity index (χ1) is 14.3. The number of carbonyl (C=O) groups is 1. The van der Waals surface area contributed by atoms with Crippen molar-refractivity contribution in [3.63, 3.8) is 0 Å². The smallest absolute Gasteiger partial charge is 0.224 e. The number of amides is 1. The van der Waals surface area contributed by atoms with Crippen LogP contribution in [0.2, 0.25) is 0 Å². The molecule has 0 radical (unpaired) electrons. The molecule has 1 unspecified atom stereocenters. The third-order valence-corrected chi connectivity index (χ3v) is 6.22. The number of hydrogen-bond donors (Lipinski definition) is 1. The van der Waals surface area contributed by atoms with Crippen molar-refractivity contribution in [3.05, 3.63) is 60.2 Å². The number of aromatic nitrogens is 2. The summed E-state index contributed by atoms with van der Waals surface area (Å²) in [4.78, 5) is 26.1. The molecule has 29 heavy (non-hydrogen) atoms. The molecular weight excluding hydrogens is 362 g/mol. The molecule has 2 saturated heterocycles. The summed E-state index contributed by atoms with van der Waals surface area (Å²) >= 11 is 0. The summed E-state index contributed by atoms with van der Waals surface area (Å²) in [5.74, 6) is 0.293. The average Bonchev–Trinajstić information content (AvgIpc) is 2.79. The second-order valence-electron chi connectivity index (χ2n) is 8.28. The predicted octanol–water partition coefficient (Wildman–Crippen LogP) is 2.47. The first-order valence-corrected chi connectivity index (χ1v) is 10.8. The van der Waals surface area contributed by atoms with Crippen molar-refractivity contribution < 1.29 is 4.79 Å². The lowest BCUT2D eigenvalue weighted by Crippen LogP contribution is -2.50. The van der Waals surface area contributed by atoms with Crippen molar-refractivity contribution in [1.82, 2.24) is 25.1 Å². The lowest BCUT2D eigenvalue weighted by Gasteiger charge is -2.42. The van der Waals surface area contributed by atoms with Crippen LogP contribution in [0.15, 0.2) is 49.1 Å². The summed E-state index contributed by atoms with van der Waals surface area (Å²) in [6.45, 7) is 5.81. The van der Waals surface area contributed by atoms with E-state index in [9.17, 15) is 4.79 Å². The van der Waals surface area contributed by atoms with Gasteiger partial charge in [0, 0.05) is 50.5 Å². The Labute approximate surface area is 173 Å². The Morgan fingerprint density at radius 3 is 2.41 bits per heavy atom. The Hall–Kier alpha value is -2.31. The molecule has 2 aliphatic rings. The Kier molecular flexibility index (Phi) is 6.85. The highest BCUT2D eigenvalue weighted by molar-refractivity contribution is 5.78. The van der Waals surface area contributed by atoms with E-state index in [1.54, 1.807) is 6.20 Å². The van der Waals surface area contributed by atoms with Crippen molar-refractivity contribution in [2.75, 3.05) is 26.2 Å². The summed E-state index contributed by atoms with van der Waals surface area (Å²) in [5, 5.41) is 3.11. The molecule has 4 rings (SSSR count). The maximum Gasteiger partial charge on any atom is 0.224 e. The van der Waals surface area contributed by atoms with Crippen LogP contribution in [0.4, 0.5) is 0 Å². The molecule has 154 valence electrons. The van der Waals surface area contributed by atoms with Crippen LogP contribution in [-0.2, 0) is 17.9 Å². The molecule has 0 spiro atoms. The first kappa shape index (κ1) is 20.0. The van der Waals surface area contributed by atoms with Crippen LogP contribution in [0.5, 0.6) is 0 Å². The van der Waals surface area contributed by atoms with E-state index in [0.717, 1.165) is 51.1 Å². The van der Waals surface area contributed by atoms with E-state index in [1.807, 2.05) is 36.8 Å². The molecule has 2 aromatic rings. The van der Waals surface area contributed by atoms with Crippen LogP contribution in [0.3, 0.4) is 0 Å². The number of rotatable bonds is 6. The summed E-state index contributed by atoms with van der Waals surface area (Å²) in [7, 11) is 0. The molecule has 6 heteroatoms. The summed E-state index contributed by atoms with van der Waals surface area (Å²) < 4.78 is 0. The quantitative estimate of drug-likeness (QED) is 0.817. The number of nitrogens with one attached hydrogen (secondary N) is 1. The molecule has 6 nitrogen and oxygen atoms in total. The van der Waals surface area contributed by atoms with E-state index >= 15 is 0 Å². The highest BCUT2D eigenvalue weighted by Crippen LogP contribution is 2.24. The number of piperidine rings is 2. The number of hydrogen-bond acceptors (Lipinski definition) is 5. The van der Waals surface area contributed by atoms with Gasteiger partial charge in [-0.1, -0.05) is 12.1 Å². The Bertz CT molecular complexity index is 761. The second kappa shape index (κ2) is 9.94. The molecule has 1 amide bonds. The molecule has 1 atom stereocenters. The van der Waals surface area contributed by atoms with Crippen molar-refractivity contribution in [2.24, 2.45) is 5.92 Å². The minimum absolute atomic E-state index is 0.105. The fourth-order valence-corrected chi connectivity index (χ4v) is 4.58. The molecular formula is C23H31N5O. The Morgan fingerprint density at radius 2 is 1.72 bits per heavy atom. The van der Waals surface area contributed by atoms with Crippen molar-refractivity contribution in [3.8, 4) is 0 Å². The van der Waals surface area contributed by atoms with Gasteiger partial charge >= 0.3 is 0 Å². The third-order valence-electron chi connectivity index (χ3n) is 6.22. The van der Waals surface area contributed by atoms with Gasteiger partial charge in [0.25, 0.3) is 0 Å². The van der Waals surface area contributed by atoms with E-state index < -0.39 is 0 Å². The SMILES string of the molecule is O=C(NCc1cccnc1)C1CCCN(C2CCN(Cc3cccnc3)CC2)C1. The maximum absolute atomic E-state index is 12.7. The van der Waals surface area contributed by atoms with Gasteiger partial charge in [0.2, 0.25) is 5.91 Å². The minimum atomic E-state index is 0.105. The summed E-state index contributed by atoms with van der Waals surface area (Å²) in [6, 6.07) is 8.67. The first-order valence-electron chi connectivity index (χ1n) is 10.8. The van der Waals surface area contributed by atoms with Gasteiger partial charge in [0.1, 0.15) is 0 Å². The lowest BCUT2D eigenvalue weighted by atomic mass is 9.93. The minimum Gasteiger partial charge on any atom is -0.352 e. The van der Waals surface area contributed by atoms with Crippen molar-refractivity contribution in [2.45, 2.75) is 44.8 Å². The van der Waals surface area contributed by atoms with Gasteiger partial charge in [0.15, 0.2) is 0 Å². The van der Waals surface area contributed by atoms with Crippen LogP contribution < -0.4 is 5.32 Å².